The molecule has 0 atom stereocenters. The first-order valence-electron chi connectivity index (χ1n) is 5.87. The molecule has 0 saturated carbocycles. The molecule has 124 valence electrons. The topological polar surface area (TPSA) is 125 Å². The van der Waals surface area contributed by atoms with E-state index in [1.54, 1.807) is 0 Å². The third-order valence-corrected chi connectivity index (χ3v) is 3.94. The molecule has 22 heavy (non-hydrogen) atoms. The lowest BCUT2D eigenvalue weighted by molar-refractivity contribution is 0.0598. The van der Waals surface area contributed by atoms with Gasteiger partial charge in [-0.15, -0.1) is 12.4 Å². The highest BCUT2D eigenvalue weighted by Crippen LogP contribution is 2.17. The number of carbonyl (C=O) groups is 2. The Balaban J connectivity index is 0.00000441. The first kappa shape index (κ1) is 20.3. The summed E-state index contributed by atoms with van der Waals surface area (Å²) in [6.07, 6.45) is 0. The van der Waals surface area contributed by atoms with Crippen LogP contribution in [0.2, 0.25) is 0 Å². The van der Waals surface area contributed by atoms with Gasteiger partial charge in [-0.2, -0.15) is 0 Å². The second kappa shape index (κ2) is 8.69. The van der Waals surface area contributed by atoms with Gasteiger partial charge in [-0.05, 0) is 18.2 Å². The molecule has 0 bridgehead atoms. The van der Waals surface area contributed by atoms with Gasteiger partial charge in [0.2, 0.25) is 10.0 Å². The van der Waals surface area contributed by atoms with E-state index >= 15 is 0 Å². The number of benzene rings is 1. The fourth-order valence-electron chi connectivity index (χ4n) is 1.50. The van der Waals surface area contributed by atoms with Crippen LogP contribution in [-0.2, 0) is 19.5 Å². The van der Waals surface area contributed by atoms with Crippen molar-refractivity contribution in [1.82, 2.24) is 4.72 Å². The predicted molar refractivity (Wildman–Crippen MR) is 80.6 cm³/mol. The predicted octanol–water partition coefficient (Wildman–Crippen LogP) is -0.0814. The maximum Gasteiger partial charge on any atom is 0.337 e. The van der Waals surface area contributed by atoms with Gasteiger partial charge < -0.3 is 15.2 Å². The summed E-state index contributed by atoms with van der Waals surface area (Å²) in [6, 6.07) is 3.41. The van der Waals surface area contributed by atoms with Crippen LogP contribution in [0.5, 0.6) is 0 Å². The molecule has 0 radical (unpaired) electrons. The highest BCUT2D eigenvalue weighted by Gasteiger charge is 2.20. The average molecular weight is 353 g/mol. The lowest BCUT2D eigenvalue weighted by Crippen LogP contribution is -2.29. The van der Waals surface area contributed by atoms with Crippen molar-refractivity contribution in [3.8, 4) is 0 Å². The summed E-state index contributed by atoms with van der Waals surface area (Å²) in [7, 11) is -1.60. The minimum absolute atomic E-state index is 0. The van der Waals surface area contributed by atoms with Crippen LogP contribution in [0.25, 0.3) is 0 Å². The molecule has 1 aromatic carbocycles. The zero-order chi connectivity index (χ0) is 16.0. The van der Waals surface area contributed by atoms with Gasteiger partial charge in [-0.3, -0.25) is 0 Å². The largest absolute Gasteiger partial charge is 0.465 e. The van der Waals surface area contributed by atoms with Crippen molar-refractivity contribution in [3.05, 3.63) is 29.3 Å². The number of carbonyl (C=O) groups excluding carboxylic acids is 2. The summed E-state index contributed by atoms with van der Waals surface area (Å²) in [5.74, 6) is -1.54. The summed E-state index contributed by atoms with van der Waals surface area (Å²) in [5.41, 5.74) is 5.09. The zero-order valence-corrected chi connectivity index (χ0v) is 13.6. The quantitative estimate of drug-likeness (QED) is 0.686. The number of methoxy groups -OCH3 is 2. The number of esters is 2. The van der Waals surface area contributed by atoms with E-state index in [1.165, 1.54) is 6.07 Å². The molecule has 0 aromatic heterocycles. The molecule has 0 amide bonds. The molecule has 0 heterocycles. The van der Waals surface area contributed by atoms with Gasteiger partial charge in [-0.25, -0.2) is 22.7 Å². The van der Waals surface area contributed by atoms with E-state index in [-0.39, 0.29) is 41.5 Å². The van der Waals surface area contributed by atoms with Crippen molar-refractivity contribution >= 4 is 34.4 Å². The Kier molecular flexibility index (Phi) is 8.02. The molecular formula is C12H17ClN2O6S. The Hall–Kier alpha value is -1.68. The molecule has 0 unspecified atom stereocenters. The Morgan fingerprint density at radius 2 is 1.55 bits per heavy atom. The van der Waals surface area contributed by atoms with Crippen LogP contribution in [0.15, 0.2) is 23.1 Å². The minimum Gasteiger partial charge on any atom is -0.465 e. The van der Waals surface area contributed by atoms with Crippen molar-refractivity contribution in [3.63, 3.8) is 0 Å². The second-order valence-corrected chi connectivity index (χ2v) is 5.68. The fraction of sp³-hybridized carbons (Fsp3) is 0.333. The van der Waals surface area contributed by atoms with Crippen molar-refractivity contribution in [2.24, 2.45) is 5.73 Å². The maximum atomic E-state index is 12.0. The Labute approximate surface area is 134 Å². The molecular weight excluding hydrogens is 336 g/mol. The summed E-state index contributed by atoms with van der Waals surface area (Å²) >= 11 is 0. The van der Waals surface area contributed by atoms with Crippen LogP contribution in [0.3, 0.4) is 0 Å². The van der Waals surface area contributed by atoms with Gasteiger partial charge in [-0.1, -0.05) is 0 Å². The van der Waals surface area contributed by atoms with Crippen LogP contribution in [0, 0.1) is 0 Å². The Morgan fingerprint density at radius 1 is 1.09 bits per heavy atom. The van der Waals surface area contributed by atoms with Crippen LogP contribution in [0.4, 0.5) is 0 Å². The molecule has 1 aromatic rings. The fourth-order valence-corrected chi connectivity index (χ4v) is 2.62. The Bertz CT molecular complexity index is 613. The number of nitrogens with one attached hydrogen (secondary N) is 1. The van der Waals surface area contributed by atoms with Crippen LogP contribution < -0.4 is 10.5 Å². The molecule has 0 fully saturated rings. The van der Waals surface area contributed by atoms with E-state index in [4.69, 9.17) is 5.73 Å². The highest BCUT2D eigenvalue weighted by atomic mass is 35.5. The monoisotopic (exact) mass is 352 g/mol. The number of hydrogen-bond acceptors (Lipinski definition) is 7. The molecule has 8 nitrogen and oxygen atoms in total. The molecule has 10 heteroatoms. The Morgan fingerprint density at radius 3 is 1.91 bits per heavy atom. The number of nitrogens with two attached hydrogens (primary N) is 1. The van der Waals surface area contributed by atoms with Crippen molar-refractivity contribution in [2.45, 2.75) is 4.90 Å². The van der Waals surface area contributed by atoms with E-state index in [2.05, 4.69) is 14.2 Å². The van der Waals surface area contributed by atoms with Crippen molar-refractivity contribution in [2.75, 3.05) is 27.3 Å². The van der Waals surface area contributed by atoms with Crippen molar-refractivity contribution < 1.29 is 27.5 Å². The van der Waals surface area contributed by atoms with E-state index in [9.17, 15) is 18.0 Å². The zero-order valence-electron chi connectivity index (χ0n) is 12.0. The first-order valence-corrected chi connectivity index (χ1v) is 7.35. The SMILES string of the molecule is COC(=O)c1cc(C(=O)OC)cc(S(=O)(=O)NCCN)c1.Cl. The van der Waals surface area contributed by atoms with Crippen LogP contribution in [0.1, 0.15) is 20.7 Å². The standard InChI is InChI=1S/C12H16N2O6S.ClH/c1-19-11(15)8-5-9(12(16)20-2)7-10(6-8)21(17,18)14-4-3-13;/h5-7,14H,3-4,13H2,1-2H3;1H. The van der Waals surface area contributed by atoms with Gasteiger partial charge in [0.1, 0.15) is 0 Å². The van der Waals surface area contributed by atoms with Crippen LogP contribution >= 0.6 is 12.4 Å². The highest BCUT2D eigenvalue weighted by molar-refractivity contribution is 7.89. The third-order valence-electron chi connectivity index (χ3n) is 2.50. The second-order valence-electron chi connectivity index (χ2n) is 3.92. The normalized spacial score (nSPS) is 10.5. The summed E-state index contributed by atoms with van der Waals surface area (Å²) in [5, 5.41) is 0. The van der Waals surface area contributed by atoms with Crippen molar-refractivity contribution in [1.29, 1.82) is 0 Å². The molecule has 3 N–H and O–H groups in total. The molecule has 0 saturated heterocycles. The lowest BCUT2D eigenvalue weighted by Gasteiger charge is -2.09. The minimum atomic E-state index is -3.90. The smallest absolute Gasteiger partial charge is 0.337 e. The summed E-state index contributed by atoms with van der Waals surface area (Å²) in [6.45, 7) is 0.137. The van der Waals surface area contributed by atoms with Gasteiger partial charge in [0.25, 0.3) is 0 Å². The first-order chi connectivity index (χ1) is 9.85. The lowest BCUT2D eigenvalue weighted by atomic mass is 10.1. The van der Waals surface area contributed by atoms with E-state index in [1.807, 2.05) is 0 Å². The van der Waals surface area contributed by atoms with Gasteiger partial charge >= 0.3 is 11.9 Å². The van der Waals surface area contributed by atoms with E-state index in [0.29, 0.717) is 0 Å². The molecule has 0 aliphatic rings. The number of halogens is 1. The van der Waals surface area contributed by atoms with Gasteiger partial charge in [0, 0.05) is 13.1 Å². The average Bonchev–Trinajstić information content (AvgIpc) is 2.50. The molecule has 0 spiro atoms. The number of ether oxygens (including phenoxy) is 2. The van der Waals surface area contributed by atoms with Gasteiger partial charge in [0.05, 0.1) is 30.2 Å². The van der Waals surface area contributed by atoms with E-state index < -0.39 is 22.0 Å². The van der Waals surface area contributed by atoms with Crippen LogP contribution in [-0.4, -0.2) is 47.7 Å². The third kappa shape index (κ3) is 4.95. The molecule has 0 aliphatic heterocycles. The van der Waals surface area contributed by atoms with Gasteiger partial charge in [0.15, 0.2) is 0 Å². The van der Waals surface area contributed by atoms with E-state index in [0.717, 1.165) is 26.4 Å². The number of hydrogen-bond donors (Lipinski definition) is 2. The molecule has 0 aliphatic carbocycles. The summed E-state index contributed by atoms with van der Waals surface area (Å²) < 4.78 is 35.4. The maximum absolute atomic E-state index is 12.0. The molecule has 1 rings (SSSR count). The summed E-state index contributed by atoms with van der Waals surface area (Å²) in [4.78, 5) is 22.9. The number of sulfonamides is 1. The number of rotatable bonds is 6.